The number of alkyl carbamates (subject to hydrolysis) is 1. The first kappa shape index (κ1) is 24.4. The van der Waals surface area contributed by atoms with E-state index >= 15 is 0 Å². The van der Waals surface area contributed by atoms with Crippen molar-refractivity contribution in [2.75, 3.05) is 13.7 Å². The van der Waals surface area contributed by atoms with Crippen LogP contribution in [0.1, 0.15) is 18.1 Å². The number of amides is 3. The molecular weight excluding hydrogens is 414 g/mol. The molecule has 2 rings (SSSR count). The van der Waals surface area contributed by atoms with Gasteiger partial charge in [0, 0.05) is 6.42 Å². The van der Waals surface area contributed by atoms with Gasteiger partial charge in [-0.1, -0.05) is 60.7 Å². The minimum atomic E-state index is -0.937. The zero-order valence-corrected chi connectivity index (χ0v) is 18.0. The van der Waals surface area contributed by atoms with Crippen LogP contribution in [-0.2, 0) is 36.9 Å². The van der Waals surface area contributed by atoms with Crippen molar-refractivity contribution in [2.45, 2.75) is 32.0 Å². The van der Waals surface area contributed by atoms with E-state index in [0.717, 1.165) is 11.1 Å². The van der Waals surface area contributed by atoms with E-state index in [1.807, 2.05) is 48.5 Å². The lowest BCUT2D eigenvalue weighted by atomic mass is 10.1. The molecule has 0 aliphatic rings. The molecule has 170 valence electrons. The molecule has 0 unspecified atom stereocenters. The van der Waals surface area contributed by atoms with Crippen LogP contribution in [0.5, 0.6) is 0 Å². The maximum absolute atomic E-state index is 12.5. The first-order chi connectivity index (χ1) is 15.4. The lowest BCUT2D eigenvalue weighted by molar-refractivity contribution is -0.145. The fraction of sp³-hybridized carbons (Fsp3) is 0.304. The standard InChI is InChI=1S/C23H27N3O6/c1-16(21(28)26-19(22(29)31-2)13-17-9-5-3-6-10-17)25-20(27)14-24-23(30)32-15-18-11-7-4-8-12-18/h3-12,16,19H,13-15H2,1-2H3,(H,24,30)(H,25,27)(H,26,28)/t16-,19+/m1/s1. The molecule has 0 saturated heterocycles. The van der Waals surface area contributed by atoms with E-state index in [1.54, 1.807) is 12.1 Å². The zero-order chi connectivity index (χ0) is 23.3. The Kier molecular flexibility index (Phi) is 9.70. The van der Waals surface area contributed by atoms with Crippen molar-refractivity contribution in [3.8, 4) is 0 Å². The van der Waals surface area contributed by atoms with Gasteiger partial charge in [-0.15, -0.1) is 0 Å². The number of carbonyl (C=O) groups is 4. The Morgan fingerprint density at radius 2 is 1.47 bits per heavy atom. The van der Waals surface area contributed by atoms with Gasteiger partial charge < -0.3 is 25.4 Å². The molecule has 2 aromatic carbocycles. The van der Waals surface area contributed by atoms with Crippen LogP contribution in [0.15, 0.2) is 60.7 Å². The van der Waals surface area contributed by atoms with Gasteiger partial charge in [-0.05, 0) is 18.1 Å². The summed E-state index contributed by atoms with van der Waals surface area (Å²) in [4.78, 5) is 48.3. The Balaban J connectivity index is 1.77. The van der Waals surface area contributed by atoms with Crippen molar-refractivity contribution < 1.29 is 28.7 Å². The molecule has 3 amide bonds. The number of hydrogen-bond acceptors (Lipinski definition) is 6. The van der Waals surface area contributed by atoms with Crippen LogP contribution in [0.4, 0.5) is 4.79 Å². The van der Waals surface area contributed by atoms with Crippen molar-refractivity contribution >= 4 is 23.9 Å². The number of nitrogens with one attached hydrogen (secondary N) is 3. The summed E-state index contributed by atoms with van der Waals surface area (Å²) in [6.45, 7) is 1.18. The maximum atomic E-state index is 12.5. The molecule has 3 N–H and O–H groups in total. The summed E-state index contributed by atoms with van der Waals surface area (Å²) < 4.78 is 9.78. The van der Waals surface area contributed by atoms with E-state index in [9.17, 15) is 19.2 Å². The van der Waals surface area contributed by atoms with E-state index in [1.165, 1.54) is 14.0 Å². The van der Waals surface area contributed by atoms with Crippen LogP contribution in [0, 0.1) is 0 Å². The minimum Gasteiger partial charge on any atom is -0.467 e. The minimum absolute atomic E-state index is 0.0728. The fourth-order valence-corrected chi connectivity index (χ4v) is 2.77. The van der Waals surface area contributed by atoms with Gasteiger partial charge in [0.2, 0.25) is 11.8 Å². The molecule has 32 heavy (non-hydrogen) atoms. The predicted molar refractivity (Wildman–Crippen MR) is 116 cm³/mol. The summed E-state index contributed by atoms with van der Waals surface area (Å²) in [5.41, 5.74) is 1.66. The van der Waals surface area contributed by atoms with Gasteiger partial charge in [0.05, 0.1) is 7.11 Å². The van der Waals surface area contributed by atoms with Gasteiger partial charge in [-0.2, -0.15) is 0 Å². The Morgan fingerprint density at radius 1 is 0.875 bits per heavy atom. The SMILES string of the molecule is COC(=O)[C@H](Cc1ccccc1)NC(=O)[C@@H](C)NC(=O)CNC(=O)OCc1ccccc1. The first-order valence-corrected chi connectivity index (χ1v) is 10.0. The Labute approximate surface area is 186 Å². The molecule has 2 atom stereocenters. The van der Waals surface area contributed by atoms with Crippen LogP contribution in [0.25, 0.3) is 0 Å². The van der Waals surface area contributed by atoms with Gasteiger partial charge in [0.25, 0.3) is 0 Å². The highest BCUT2D eigenvalue weighted by molar-refractivity contribution is 5.91. The summed E-state index contributed by atoms with van der Waals surface area (Å²) in [5, 5.41) is 7.36. The predicted octanol–water partition coefficient (Wildman–Crippen LogP) is 1.32. The number of hydrogen-bond donors (Lipinski definition) is 3. The quantitative estimate of drug-likeness (QED) is 0.478. The van der Waals surface area contributed by atoms with Crippen molar-refractivity contribution in [3.05, 3.63) is 71.8 Å². The Hall–Kier alpha value is -3.88. The summed E-state index contributed by atoms with van der Waals surface area (Å²) in [5.74, 6) is -1.73. The largest absolute Gasteiger partial charge is 0.467 e. The third kappa shape index (κ3) is 8.47. The van der Waals surface area contributed by atoms with Crippen molar-refractivity contribution in [2.24, 2.45) is 0 Å². The van der Waals surface area contributed by atoms with Crippen molar-refractivity contribution in [1.82, 2.24) is 16.0 Å². The third-order valence-electron chi connectivity index (χ3n) is 4.46. The fourth-order valence-electron chi connectivity index (χ4n) is 2.77. The van der Waals surface area contributed by atoms with E-state index in [2.05, 4.69) is 16.0 Å². The maximum Gasteiger partial charge on any atom is 0.407 e. The molecule has 0 saturated carbocycles. The smallest absolute Gasteiger partial charge is 0.407 e. The van der Waals surface area contributed by atoms with Crippen LogP contribution < -0.4 is 16.0 Å². The molecule has 9 heteroatoms. The van der Waals surface area contributed by atoms with Gasteiger partial charge in [0.15, 0.2) is 0 Å². The number of carbonyl (C=O) groups excluding carboxylic acids is 4. The monoisotopic (exact) mass is 441 g/mol. The normalized spacial score (nSPS) is 12.1. The second-order valence-electron chi connectivity index (χ2n) is 6.98. The highest BCUT2D eigenvalue weighted by Gasteiger charge is 2.25. The molecule has 0 aromatic heterocycles. The summed E-state index contributed by atoms with van der Waals surface area (Å²) in [6, 6.07) is 16.4. The highest BCUT2D eigenvalue weighted by Crippen LogP contribution is 2.05. The lowest BCUT2D eigenvalue weighted by Gasteiger charge is -2.20. The number of benzene rings is 2. The van der Waals surface area contributed by atoms with Crippen LogP contribution >= 0.6 is 0 Å². The molecule has 0 fully saturated rings. The van der Waals surface area contributed by atoms with Gasteiger partial charge in [-0.25, -0.2) is 9.59 Å². The van der Waals surface area contributed by atoms with E-state index < -0.39 is 36.0 Å². The van der Waals surface area contributed by atoms with Crippen molar-refractivity contribution in [1.29, 1.82) is 0 Å². The topological polar surface area (TPSA) is 123 Å². The van der Waals surface area contributed by atoms with Crippen LogP contribution in [-0.4, -0.2) is 49.6 Å². The average Bonchev–Trinajstić information content (AvgIpc) is 2.81. The van der Waals surface area contributed by atoms with Gasteiger partial charge in [-0.3, -0.25) is 9.59 Å². The van der Waals surface area contributed by atoms with Crippen LogP contribution in [0.3, 0.4) is 0 Å². The summed E-state index contributed by atoms with van der Waals surface area (Å²) in [6.07, 6.45) is -0.510. The first-order valence-electron chi connectivity index (χ1n) is 10.0. The number of rotatable bonds is 10. The Bertz CT molecular complexity index is 904. The molecule has 0 bridgehead atoms. The molecule has 2 aromatic rings. The molecule has 0 heterocycles. The van der Waals surface area contributed by atoms with E-state index in [0.29, 0.717) is 0 Å². The number of esters is 1. The van der Waals surface area contributed by atoms with Crippen LogP contribution in [0.2, 0.25) is 0 Å². The summed E-state index contributed by atoms with van der Waals surface area (Å²) >= 11 is 0. The number of ether oxygens (including phenoxy) is 2. The zero-order valence-electron chi connectivity index (χ0n) is 18.0. The highest BCUT2D eigenvalue weighted by atomic mass is 16.5. The van der Waals surface area contributed by atoms with Crippen molar-refractivity contribution in [3.63, 3.8) is 0 Å². The Morgan fingerprint density at radius 3 is 2.06 bits per heavy atom. The van der Waals surface area contributed by atoms with E-state index in [4.69, 9.17) is 9.47 Å². The summed E-state index contributed by atoms with van der Waals surface area (Å²) in [7, 11) is 1.24. The van der Waals surface area contributed by atoms with E-state index in [-0.39, 0.29) is 19.6 Å². The third-order valence-corrected chi connectivity index (χ3v) is 4.46. The lowest BCUT2D eigenvalue weighted by Crippen LogP contribution is -2.52. The molecule has 9 nitrogen and oxygen atoms in total. The molecular formula is C23H27N3O6. The molecule has 0 aliphatic heterocycles. The van der Waals surface area contributed by atoms with Gasteiger partial charge >= 0.3 is 12.1 Å². The number of methoxy groups -OCH3 is 1. The molecule has 0 aliphatic carbocycles. The molecule has 0 spiro atoms. The average molecular weight is 441 g/mol. The second kappa shape index (κ2) is 12.7. The van der Waals surface area contributed by atoms with Gasteiger partial charge in [0.1, 0.15) is 25.2 Å². The molecule has 0 radical (unpaired) electrons. The second-order valence-corrected chi connectivity index (χ2v) is 6.98.